The SMILES string of the molecule is COc1cc(CN2CCC(N3CCCCC3)C2)ccc1O. The minimum absolute atomic E-state index is 0.217. The van der Waals surface area contributed by atoms with Crippen molar-refractivity contribution in [3.05, 3.63) is 23.8 Å². The molecule has 1 aromatic carbocycles. The van der Waals surface area contributed by atoms with Gasteiger partial charge in [0.1, 0.15) is 0 Å². The maximum absolute atomic E-state index is 9.66. The zero-order valence-electron chi connectivity index (χ0n) is 12.9. The highest BCUT2D eigenvalue weighted by Crippen LogP contribution is 2.28. The van der Waals surface area contributed by atoms with Crippen LogP contribution in [0.25, 0.3) is 0 Å². The van der Waals surface area contributed by atoms with E-state index in [2.05, 4.69) is 9.80 Å². The topological polar surface area (TPSA) is 35.9 Å². The van der Waals surface area contributed by atoms with Gasteiger partial charge in [0.25, 0.3) is 0 Å². The van der Waals surface area contributed by atoms with Gasteiger partial charge >= 0.3 is 0 Å². The van der Waals surface area contributed by atoms with Crippen molar-refractivity contribution in [1.29, 1.82) is 0 Å². The van der Waals surface area contributed by atoms with Crippen LogP contribution in [-0.4, -0.2) is 54.2 Å². The highest BCUT2D eigenvalue weighted by atomic mass is 16.5. The maximum Gasteiger partial charge on any atom is 0.160 e. The minimum atomic E-state index is 0.217. The van der Waals surface area contributed by atoms with E-state index in [0.717, 1.165) is 12.6 Å². The molecule has 1 atom stereocenters. The molecule has 0 spiro atoms. The van der Waals surface area contributed by atoms with Crippen molar-refractivity contribution in [3.8, 4) is 11.5 Å². The number of phenolic OH excluding ortho intramolecular Hbond substituents is 1. The summed E-state index contributed by atoms with van der Waals surface area (Å²) in [6, 6.07) is 6.41. The van der Waals surface area contributed by atoms with Crippen LogP contribution < -0.4 is 4.74 Å². The number of hydrogen-bond donors (Lipinski definition) is 1. The van der Waals surface area contributed by atoms with Gasteiger partial charge in [-0.15, -0.1) is 0 Å². The molecule has 2 saturated heterocycles. The normalized spacial score (nSPS) is 24.3. The molecular formula is C17H26N2O2. The van der Waals surface area contributed by atoms with E-state index >= 15 is 0 Å². The van der Waals surface area contributed by atoms with E-state index in [1.807, 2.05) is 12.1 Å². The summed E-state index contributed by atoms with van der Waals surface area (Å²) in [5, 5.41) is 9.66. The summed E-state index contributed by atoms with van der Waals surface area (Å²) in [7, 11) is 1.60. The predicted octanol–water partition coefficient (Wildman–Crippen LogP) is 2.46. The van der Waals surface area contributed by atoms with Gasteiger partial charge < -0.3 is 9.84 Å². The Kier molecular flexibility index (Phi) is 4.66. The predicted molar refractivity (Wildman–Crippen MR) is 83.8 cm³/mol. The molecule has 2 heterocycles. The van der Waals surface area contributed by atoms with Gasteiger partial charge in [0, 0.05) is 25.7 Å². The Bertz CT molecular complexity index is 472. The maximum atomic E-state index is 9.66. The fraction of sp³-hybridized carbons (Fsp3) is 0.647. The van der Waals surface area contributed by atoms with E-state index in [0.29, 0.717) is 5.75 Å². The molecule has 0 saturated carbocycles. The monoisotopic (exact) mass is 290 g/mol. The number of likely N-dealkylation sites (tertiary alicyclic amines) is 2. The van der Waals surface area contributed by atoms with Crippen LogP contribution in [0.5, 0.6) is 11.5 Å². The molecule has 3 rings (SSSR count). The third-order valence-electron chi connectivity index (χ3n) is 4.80. The van der Waals surface area contributed by atoms with E-state index < -0.39 is 0 Å². The van der Waals surface area contributed by atoms with Crippen LogP contribution in [0.2, 0.25) is 0 Å². The number of piperidine rings is 1. The second-order valence-electron chi connectivity index (χ2n) is 6.28. The van der Waals surface area contributed by atoms with Gasteiger partial charge in [0.2, 0.25) is 0 Å². The third kappa shape index (κ3) is 3.50. The average molecular weight is 290 g/mol. The first-order valence-electron chi connectivity index (χ1n) is 8.08. The Morgan fingerprint density at radius 3 is 2.76 bits per heavy atom. The van der Waals surface area contributed by atoms with Crippen LogP contribution in [0.4, 0.5) is 0 Å². The summed E-state index contributed by atoms with van der Waals surface area (Å²) in [6.07, 6.45) is 5.42. The number of hydrogen-bond acceptors (Lipinski definition) is 4. The smallest absolute Gasteiger partial charge is 0.160 e. The van der Waals surface area contributed by atoms with Crippen molar-refractivity contribution in [2.45, 2.75) is 38.3 Å². The van der Waals surface area contributed by atoms with Crippen molar-refractivity contribution in [1.82, 2.24) is 9.80 Å². The lowest BCUT2D eigenvalue weighted by atomic mass is 10.1. The fourth-order valence-electron chi connectivity index (χ4n) is 3.62. The van der Waals surface area contributed by atoms with Gasteiger partial charge in [0.05, 0.1) is 7.11 Å². The van der Waals surface area contributed by atoms with E-state index in [-0.39, 0.29) is 5.75 Å². The summed E-state index contributed by atoms with van der Waals surface area (Å²) < 4.78 is 5.19. The van der Waals surface area contributed by atoms with E-state index in [9.17, 15) is 5.11 Å². The molecule has 116 valence electrons. The Morgan fingerprint density at radius 1 is 1.19 bits per heavy atom. The molecule has 4 nitrogen and oxygen atoms in total. The van der Waals surface area contributed by atoms with Crippen molar-refractivity contribution >= 4 is 0 Å². The molecule has 1 aromatic rings. The van der Waals surface area contributed by atoms with Crippen LogP contribution in [0.15, 0.2) is 18.2 Å². The highest BCUT2D eigenvalue weighted by Gasteiger charge is 2.28. The molecule has 2 fully saturated rings. The van der Waals surface area contributed by atoms with Crippen molar-refractivity contribution in [3.63, 3.8) is 0 Å². The second kappa shape index (κ2) is 6.67. The molecule has 0 radical (unpaired) electrons. The van der Waals surface area contributed by atoms with Crippen LogP contribution in [0.3, 0.4) is 0 Å². The standard InChI is InChI=1S/C17H26N2O2/c1-21-17-11-14(5-6-16(17)20)12-18-10-7-15(13-18)19-8-3-2-4-9-19/h5-6,11,15,20H,2-4,7-10,12-13H2,1H3. The number of methoxy groups -OCH3 is 1. The molecule has 2 aliphatic rings. The van der Waals surface area contributed by atoms with Crippen LogP contribution >= 0.6 is 0 Å². The summed E-state index contributed by atoms with van der Waals surface area (Å²) in [5.41, 5.74) is 1.21. The number of rotatable bonds is 4. The molecule has 2 aliphatic heterocycles. The van der Waals surface area contributed by atoms with Gasteiger partial charge in [-0.1, -0.05) is 12.5 Å². The van der Waals surface area contributed by atoms with Crippen LogP contribution in [0.1, 0.15) is 31.2 Å². The number of aromatic hydroxyl groups is 1. The zero-order valence-corrected chi connectivity index (χ0v) is 12.9. The molecule has 0 aromatic heterocycles. The largest absolute Gasteiger partial charge is 0.504 e. The number of nitrogens with zero attached hydrogens (tertiary/aromatic N) is 2. The van der Waals surface area contributed by atoms with E-state index in [4.69, 9.17) is 4.74 Å². The van der Waals surface area contributed by atoms with Gasteiger partial charge in [0.15, 0.2) is 11.5 Å². The zero-order chi connectivity index (χ0) is 14.7. The van der Waals surface area contributed by atoms with Gasteiger partial charge in [-0.05, 0) is 50.0 Å². The Hall–Kier alpha value is -1.26. The summed E-state index contributed by atoms with van der Waals surface area (Å²) >= 11 is 0. The van der Waals surface area contributed by atoms with Crippen LogP contribution in [0, 0.1) is 0 Å². The first-order valence-corrected chi connectivity index (χ1v) is 8.08. The Balaban J connectivity index is 1.56. The molecule has 0 bridgehead atoms. The van der Waals surface area contributed by atoms with Gasteiger partial charge in [-0.25, -0.2) is 0 Å². The highest BCUT2D eigenvalue weighted by molar-refractivity contribution is 5.41. The molecule has 1 N–H and O–H groups in total. The van der Waals surface area contributed by atoms with E-state index in [1.54, 1.807) is 13.2 Å². The van der Waals surface area contributed by atoms with E-state index in [1.165, 1.54) is 57.4 Å². The third-order valence-corrected chi connectivity index (χ3v) is 4.80. The number of ether oxygens (including phenoxy) is 1. The van der Waals surface area contributed by atoms with Crippen molar-refractivity contribution < 1.29 is 9.84 Å². The second-order valence-corrected chi connectivity index (χ2v) is 6.28. The van der Waals surface area contributed by atoms with Crippen LogP contribution in [-0.2, 0) is 6.54 Å². The Morgan fingerprint density at radius 2 is 2.00 bits per heavy atom. The molecule has 1 unspecified atom stereocenters. The fourth-order valence-corrected chi connectivity index (χ4v) is 3.62. The van der Waals surface area contributed by atoms with Crippen molar-refractivity contribution in [2.24, 2.45) is 0 Å². The molecule has 21 heavy (non-hydrogen) atoms. The summed E-state index contributed by atoms with van der Waals surface area (Å²) in [6.45, 7) is 5.85. The lowest BCUT2D eigenvalue weighted by molar-refractivity contribution is 0.161. The summed E-state index contributed by atoms with van der Waals surface area (Å²) in [4.78, 5) is 5.20. The molecule has 4 heteroatoms. The van der Waals surface area contributed by atoms with Crippen molar-refractivity contribution in [2.75, 3.05) is 33.3 Å². The summed E-state index contributed by atoms with van der Waals surface area (Å²) in [5.74, 6) is 0.785. The molecular weight excluding hydrogens is 264 g/mol. The number of benzene rings is 1. The molecule has 0 aliphatic carbocycles. The first kappa shape index (κ1) is 14.7. The average Bonchev–Trinajstić information content (AvgIpc) is 2.98. The lowest BCUT2D eigenvalue weighted by Crippen LogP contribution is -2.40. The quantitative estimate of drug-likeness (QED) is 0.924. The van der Waals surface area contributed by atoms with Gasteiger partial charge in [-0.2, -0.15) is 0 Å². The minimum Gasteiger partial charge on any atom is -0.504 e. The molecule has 0 amide bonds. The first-order chi connectivity index (χ1) is 10.3. The number of phenols is 1. The Labute approximate surface area is 127 Å². The lowest BCUT2D eigenvalue weighted by Gasteiger charge is -2.32. The van der Waals surface area contributed by atoms with Gasteiger partial charge in [-0.3, -0.25) is 9.80 Å².